The first-order valence-electron chi connectivity index (χ1n) is 6.74. The van der Waals surface area contributed by atoms with E-state index in [1.54, 1.807) is 6.07 Å². The molecule has 1 saturated carbocycles. The van der Waals surface area contributed by atoms with Crippen molar-refractivity contribution < 1.29 is 4.39 Å². The van der Waals surface area contributed by atoms with Crippen LogP contribution in [0.1, 0.15) is 24.8 Å². The topological polar surface area (TPSA) is 41.3 Å². The number of hydrogen-bond acceptors (Lipinski definition) is 3. The molecule has 2 fully saturated rings. The van der Waals surface area contributed by atoms with Gasteiger partial charge in [0.1, 0.15) is 5.82 Å². The number of hydrogen-bond donors (Lipinski definition) is 2. The van der Waals surface area contributed by atoms with E-state index in [0.717, 1.165) is 24.7 Å². The first-order chi connectivity index (χ1) is 8.72. The van der Waals surface area contributed by atoms with Gasteiger partial charge in [0.2, 0.25) is 0 Å². The Morgan fingerprint density at radius 2 is 2.17 bits per heavy atom. The van der Waals surface area contributed by atoms with Crippen molar-refractivity contribution in [3.05, 3.63) is 29.6 Å². The molecule has 18 heavy (non-hydrogen) atoms. The maximum absolute atomic E-state index is 13.3. The number of halogens is 1. The number of rotatable bonds is 4. The van der Waals surface area contributed by atoms with Crippen LogP contribution in [0.5, 0.6) is 0 Å². The van der Waals surface area contributed by atoms with Crippen molar-refractivity contribution >= 4 is 5.69 Å². The smallest absolute Gasteiger partial charge is 0.146 e. The quantitative estimate of drug-likeness (QED) is 0.799. The second-order valence-corrected chi connectivity index (χ2v) is 5.45. The summed E-state index contributed by atoms with van der Waals surface area (Å²) < 4.78 is 13.3. The minimum atomic E-state index is -0.319. The van der Waals surface area contributed by atoms with E-state index in [9.17, 15) is 4.39 Å². The number of likely N-dealkylation sites (tertiary alicyclic amines) is 1. The average molecular weight is 249 g/mol. The molecule has 0 aromatic heterocycles. The van der Waals surface area contributed by atoms with Gasteiger partial charge in [-0.15, -0.1) is 0 Å². The Morgan fingerprint density at radius 3 is 2.89 bits per heavy atom. The van der Waals surface area contributed by atoms with E-state index >= 15 is 0 Å². The van der Waals surface area contributed by atoms with Gasteiger partial charge in [0, 0.05) is 31.7 Å². The average Bonchev–Trinajstić information content (AvgIpc) is 3.11. The van der Waals surface area contributed by atoms with Crippen LogP contribution in [0.2, 0.25) is 0 Å². The molecule has 0 radical (unpaired) electrons. The van der Waals surface area contributed by atoms with Crippen LogP contribution in [0.3, 0.4) is 0 Å². The molecule has 1 unspecified atom stereocenters. The zero-order valence-corrected chi connectivity index (χ0v) is 10.5. The van der Waals surface area contributed by atoms with Crippen LogP contribution in [-0.2, 0) is 6.54 Å². The highest BCUT2D eigenvalue weighted by atomic mass is 19.1. The lowest BCUT2D eigenvalue weighted by Crippen LogP contribution is -2.32. The molecule has 1 aliphatic heterocycles. The number of benzene rings is 1. The summed E-state index contributed by atoms with van der Waals surface area (Å²) in [5, 5.41) is 3.51. The van der Waals surface area contributed by atoms with Crippen LogP contribution >= 0.6 is 0 Å². The fourth-order valence-corrected chi connectivity index (χ4v) is 2.67. The van der Waals surface area contributed by atoms with Gasteiger partial charge in [-0.3, -0.25) is 4.90 Å². The lowest BCUT2D eigenvalue weighted by atomic mass is 10.2. The molecule has 1 aromatic rings. The van der Waals surface area contributed by atoms with Crippen LogP contribution in [0.4, 0.5) is 10.1 Å². The second kappa shape index (κ2) is 4.86. The third kappa shape index (κ3) is 2.65. The highest BCUT2D eigenvalue weighted by molar-refractivity contribution is 5.41. The normalized spacial score (nSPS) is 24.6. The molecule has 0 amide bonds. The zero-order chi connectivity index (χ0) is 12.5. The van der Waals surface area contributed by atoms with Gasteiger partial charge in [-0.25, -0.2) is 4.39 Å². The fraction of sp³-hybridized carbons (Fsp3) is 0.571. The summed E-state index contributed by atoms with van der Waals surface area (Å²) in [6.07, 6.45) is 3.94. The minimum Gasteiger partial charge on any atom is -0.396 e. The van der Waals surface area contributed by atoms with E-state index in [-0.39, 0.29) is 11.5 Å². The summed E-state index contributed by atoms with van der Waals surface area (Å²) in [7, 11) is 0. The lowest BCUT2D eigenvalue weighted by Gasteiger charge is -2.15. The molecular formula is C14H20FN3. The number of nitrogen functional groups attached to an aromatic ring is 1. The molecule has 1 heterocycles. The Balaban J connectivity index is 1.50. The van der Waals surface area contributed by atoms with Gasteiger partial charge in [-0.1, -0.05) is 6.07 Å². The van der Waals surface area contributed by atoms with Crippen LogP contribution in [0.15, 0.2) is 18.2 Å². The molecule has 1 atom stereocenters. The van der Waals surface area contributed by atoms with Crippen molar-refractivity contribution in [2.45, 2.75) is 37.9 Å². The van der Waals surface area contributed by atoms with Crippen LogP contribution < -0.4 is 11.1 Å². The van der Waals surface area contributed by atoms with E-state index in [2.05, 4.69) is 10.2 Å². The molecule has 1 aromatic carbocycles. The Morgan fingerprint density at radius 1 is 1.33 bits per heavy atom. The van der Waals surface area contributed by atoms with Crippen LogP contribution in [-0.4, -0.2) is 30.1 Å². The number of nitrogens with zero attached hydrogens (tertiary/aromatic N) is 1. The van der Waals surface area contributed by atoms with Crippen molar-refractivity contribution in [3.63, 3.8) is 0 Å². The Kier molecular flexibility index (Phi) is 3.22. The molecular weight excluding hydrogens is 229 g/mol. The summed E-state index contributed by atoms with van der Waals surface area (Å²) in [5.74, 6) is -0.319. The van der Waals surface area contributed by atoms with Gasteiger partial charge < -0.3 is 11.1 Å². The highest BCUT2D eigenvalue weighted by Gasteiger charge is 2.33. The van der Waals surface area contributed by atoms with Crippen molar-refractivity contribution in [2.24, 2.45) is 0 Å². The third-order valence-corrected chi connectivity index (χ3v) is 3.94. The largest absolute Gasteiger partial charge is 0.396 e. The molecule has 4 heteroatoms. The predicted octanol–water partition coefficient (Wildman–Crippen LogP) is 1.73. The van der Waals surface area contributed by atoms with Crippen molar-refractivity contribution in [1.82, 2.24) is 10.2 Å². The van der Waals surface area contributed by atoms with E-state index in [1.165, 1.54) is 31.9 Å². The van der Waals surface area contributed by atoms with Gasteiger partial charge in [-0.05, 0) is 37.0 Å². The van der Waals surface area contributed by atoms with Crippen LogP contribution in [0, 0.1) is 5.82 Å². The van der Waals surface area contributed by atoms with Gasteiger partial charge in [-0.2, -0.15) is 0 Å². The number of nitrogens with one attached hydrogen (secondary N) is 1. The summed E-state index contributed by atoms with van der Waals surface area (Å²) in [6.45, 7) is 3.07. The van der Waals surface area contributed by atoms with Gasteiger partial charge >= 0.3 is 0 Å². The third-order valence-electron chi connectivity index (χ3n) is 3.94. The number of anilines is 1. The van der Waals surface area contributed by atoms with E-state index in [0.29, 0.717) is 6.04 Å². The molecule has 0 bridgehead atoms. The SMILES string of the molecule is Nc1ccc(CNC2CCN(C3CC3)C2)cc1F. The number of nitrogens with two attached hydrogens (primary N) is 1. The molecule has 3 nitrogen and oxygen atoms in total. The molecule has 1 saturated heterocycles. The minimum absolute atomic E-state index is 0.222. The molecule has 0 spiro atoms. The summed E-state index contributed by atoms with van der Waals surface area (Å²) in [5.41, 5.74) is 6.65. The standard InChI is InChI=1S/C14H20FN3/c15-13-7-10(1-4-14(13)16)8-17-11-5-6-18(9-11)12-2-3-12/h1,4,7,11-12,17H,2-3,5-6,8-9,16H2. The Bertz CT molecular complexity index is 431. The first kappa shape index (κ1) is 11.9. The maximum Gasteiger partial charge on any atom is 0.146 e. The maximum atomic E-state index is 13.3. The molecule has 3 rings (SSSR count). The summed E-state index contributed by atoms with van der Waals surface area (Å²) in [6, 6.07) is 6.45. The van der Waals surface area contributed by atoms with Crippen molar-refractivity contribution in [3.8, 4) is 0 Å². The van der Waals surface area contributed by atoms with Gasteiger partial charge in [0.25, 0.3) is 0 Å². The van der Waals surface area contributed by atoms with Crippen molar-refractivity contribution in [2.75, 3.05) is 18.8 Å². The molecule has 98 valence electrons. The van der Waals surface area contributed by atoms with Crippen molar-refractivity contribution in [1.29, 1.82) is 0 Å². The molecule has 1 aliphatic carbocycles. The van der Waals surface area contributed by atoms with Crippen LogP contribution in [0.25, 0.3) is 0 Å². The second-order valence-electron chi connectivity index (χ2n) is 5.45. The van der Waals surface area contributed by atoms with Gasteiger partial charge in [0.05, 0.1) is 5.69 Å². The Hall–Kier alpha value is -1.13. The summed E-state index contributed by atoms with van der Waals surface area (Å²) in [4.78, 5) is 2.57. The molecule has 2 aliphatic rings. The monoisotopic (exact) mass is 249 g/mol. The summed E-state index contributed by atoms with van der Waals surface area (Å²) >= 11 is 0. The fourth-order valence-electron chi connectivity index (χ4n) is 2.67. The molecule has 3 N–H and O–H groups in total. The van der Waals surface area contributed by atoms with Gasteiger partial charge in [0.15, 0.2) is 0 Å². The van der Waals surface area contributed by atoms with E-state index in [1.807, 2.05) is 6.07 Å². The first-order valence-corrected chi connectivity index (χ1v) is 6.74. The van der Waals surface area contributed by atoms with E-state index < -0.39 is 0 Å². The van der Waals surface area contributed by atoms with E-state index in [4.69, 9.17) is 5.73 Å². The highest BCUT2D eigenvalue weighted by Crippen LogP contribution is 2.29. The predicted molar refractivity (Wildman–Crippen MR) is 70.7 cm³/mol. The Labute approximate surface area is 107 Å². The lowest BCUT2D eigenvalue weighted by molar-refractivity contribution is 0.317. The zero-order valence-electron chi connectivity index (χ0n) is 10.5.